The highest BCUT2D eigenvalue weighted by atomic mass is 79.9. The molecular weight excluding hydrogens is 455 g/mol. The molecule has 0 aromatic heterocycles. The second-order valence-corrected chi connectivity index (χ2v) is 8.85. The molecule has 0 saturated carbocycles. The number of benzene rings is 1. The third kappa shape index (κ3) is 6.00. The van der Waals surface area contributed by atoms with E-state index in [4.69, 9.17) is 9.94 Å². The second kappa shape index (κ2) is 10.3. The van der Waals surface area contributed by atoms with Crippen LogP contribution in [0.3, 0.4) is 0 Å². The summed E-state index contributed by atoms with van der Waals surface area (Å²) in [5, 5.41) is 9.02. The van der Waals surface area contributed by atoms with E-state index >= 15 is 0 Å². The highest BCUT2D eigenvalue weighted by molar-refractivity contribution is 9.10. The smallest absolute Gasteiger partial charge is 0.252 e. The van der Waals surface area contributed by atoms with Gasteiger partial charge in [0.25, 0.3) is 5.91 Å². The molecule has 1 aromatic carbocycles. The highest BCUT2D eigenvalue weighted by Gasteiger charge is 2.33. The lowest BCUT2D eigenvalue weighted by Gasteiger charge is -2.34. The maximum atomic E-state index is 13.2. The van der Waals surface area contributed by atoms with Gasteiger partial charge in [0.05, 0.1) is 10.4 Å². The zero-order valence-electron chi connectivity index (χ0n) is 15.7. The van der Waals surface area contributed by atoms with Gasteiger partial charge in [-0.25, -0.2) is 9.87 Å². The van der Waals surface area contributed by atoms with Gasteiger partial charge in [-0.1, -0.05) is 13.8 Å². The minimum absolute atomic E-state index is 0.0123. The van der Waals surface area contributed by atoms with Gasteiger partial charge in [0.15, 0.2) is 0 Å². The van der Waals surface area contributed by atoms with Crippen LogP contribution in [0.4, 0.5) is 4.39 Å². The van der Waals surface area contributed by atoms with Crippen LogP contribution in [0.2, 0.25) is 0 Å². The van der Waals surface area contributed by atoms with Crippen LogP contribution < -0.4 is 10.2 Å². The van der Waals surface area contributed by atoms with Crippen molar-refractivity contribution in [3.8, 4) is 5.75 Å². The van der Waals surface area contributed by atoms with Crippen molar-refractivity contribution < 1.29 is 27.5 Å². The molecule has 10 heteroatoms. The van der Waals surface area contributed by atoms with Crippen molar-refractivity contribution in [2.75, 3.05) is 13.1 Å². The Balaban J connectivity index is 2.10. The number of hydroxylamine groups is 1. The Kier molecular flexibility index (Phi) is 8.41. The normalized spacial score (nSPS) is 16.6. The van der Waals surface area contributed by atoms with Crippen LogP contribution in [0.1, 0.15) is 33.1 Å². The summed E-state index contributed by atoms with van der Waals surface area (Å²) in [6, 6.07) is 4.17. The third-order valence-corrected chi connectivity index (χ3v) is 6.05. The van der Waals surface area contributed by atoms with Gasteiger partial charge < -0.3 is 4.74 Å². The summed E-state index contributed by atoms with van der Waals surface area (Å²) in [6.45, 7) is 4.54. The summed E-state index contributed by atoms with van der Waals surface area (Å²) in [5.74, 6) is -1.47. The Labute approximate surface area is 173 Å². The lowest BCUT2D eigenvalue weighted by Crippen LogP contribution is -2.48. The molecule has 1 unspecified atom stereocenters. The van der Waals surface area contributed by atoms with E-state index < -0.39 is 22.1 Å². The lowest BCUT2D eigenvalue weighted by atomic mass is 9.94. The van der Waals surface area contributed by atoms with Crippen LogP contribution in [0.15, 0.2) is 22.7 Å². The molecule has 1 atom stereocenters. The van der Waals surface area contributed by atoms with Gasteiger partial charge >= 0.3 is 0 Å². The number of halogens is 2. The zero-order valence-corrected chi connectivity index (χ0v) is 18.1. The van der Waals surface area contributed by atoms with E-state index in [2.05, 4.69) is 15.9 Å². The quantitative estimate of drug-likeness (QED) is 0.370. The summed E-state index contributed by atoms with van der Waals surface area (Å²) in [5.41, 5.74) is 1.58. The monoisotopic (exact) mass is 478 g/mol. The van der Waals surface area contributed by atoms with Crippen molar-refractivity contribution in [2.45, 2.75) is 39.2 Å². The predicted molar refractivity (Wildman–Crippen MR) is 106 cm³/mol. The van der Waals surface area contributed by atoms with Crippen molar-refractivity contribution in [3.63, 3.8) is 0 Å². The fraction of sp³-hybridized carbons (Fsp3) is 0.556. The van der Waals surface area contributed by atoms with Crippen LogP contribution in [-0.2, 0) is 15.1 Å². The molecule has 28 heavy (non-hydrogen) atoms. The number of amides is 1. The molecule has 1 aliphatic heterocycles. The highest BCUT2D eigenvalue weighted by Crippen LogP contribution is 2.29. The number of nitrogens with zero attached hydrogens (tertiary/aromatic N) is 1. The van der Waals surface area contributed by atoms with Crippen LogP contribution in [0.5, 0.6) is 5.75 Å². The molecule has 0 aliphatic carbocycles. The molecule has 1 amide bonds. The molecule has 1 saturated heterocycles. The van der Waals surface area contributed by atoms with Gasteiger partial charge in [-0.05, 0) is 59.3 Å². The molecule has 7 nitrogen and oxygen atoms in total. The van der Waals surface area contributed by atoms with E-state index in [1.54, 1.807) is 16.4 Å². The van der Waals surface area contributed by atoms with E-state index in [1.807, 2.05) is 13.8 Å². The molecule has 1 fully saturated rings. The maximum absolute atomic E-state index is 13.2. The topological polar surface area (TPSA) is 95.9 Å². The summed E-state index contributed by atoms with van der Waals surface area (Å²) in [4.78, 5) is 13.7. The number of nitrogens with one attached hydrogen (secondary N) is 1. The SMILES string of the molecule is CC(C)CC(C(=O)NO)C(N1CCC(Oc2ccc(F)cc2Br)CC1)=S(=O)=O. The van der Waals surface area contributed by atoms with E-state index in [-0.39, 0.29) is 22.8 Å². The maximum Gasteiger partial charge on any atom is 0.252 e. The fourth-order valence-electron chi connectivity index (χ4n) is 3.26. The number of piperidine rings is 1. The van der Waals surface area contributed by atoms with Crippen molar-refractivity contribution in [2.24, 2.45) is 11.8 Å². The van der Waals surface area contributed by atoms with Gasteiger partial charge in [0.1, 0.15) is 22.7 Å². The largest absolute Gasteiger partial charge is 0.489 e. The summed E-state index contributed by atoms with van der Waals surface area (Å²) in [7, 11) is -2.59. The minimum Gasteiger partial charge on any atom is -0.489 e. The van der Waals surface area contributed by atoms with Crippen LogP contribution in [0, 0.1) is 17.7 Å². The Morgan fingerprint density at radius 3 is 2.54 bits per heavy atom. The Morgan fingerprint density at radius 2 is 2.04 bits per heavy atom. The number of likely N-dealkylation sites (tertiary alicyclic amines) is 1. The van der Waals surface area contributed by atoms with E-state index in [9.17, 15) is 17.6 Å². The number of carbonyl (C=O) groups excluding carboxylic acids is 1. The van der Waals surface area contributed by atoms with Crippen LogP contribution >= 0.6 is 15.9 Å². The van der Waals surface area contributed by atoms with Gasteiger partial charge in [-0.15, -0.1) is 0 Å². The van der Waals surface area contributed by atoms with Gasteiger partial charge in [-0.3, -0.25) is 14.9 Å². The zero-order chi connectivity index (χ0) is 20.8. The molecular formula is C18H24BrFN2O5S. The Bertz CT molecular complexity index is 830. The van der Waals surface area contributed by atoms with Crippen molar-refractivity contribution in [1.29, 1.82) is 0 Å². The molecule has 2 N–H and O–H groups in total. The van der Waals surface area contributed by atoms with E-state index in [0.29, 0.717) is 42.6 Å². The average molecular weight is 479 g/mol. The fourth-order valence-corrected chi connectivity index (χ4v) is 4.53. The number of hydrogen-bond acceptors (Lipinski definition) is 5. The molecule has 0 bridgehead atoms. The number of ether oxygens (including phenoxy) is 1. The number of hydrogen-bond donors (Lipinski definition) is 2. The van der Waals surface area contributed by atoms with Crippen LogP contribution in [-0.4, -0.2) is 48.6 Å². The molecule has 1 aliphatic rings. The van der Waals surface area contributed by atoms with Gasteiger partial charge in [-0.2, -0.15) is 8.42 Å². The third-order valence-electron chi connectivity index (χ3n) is 4.54. The first-order valence-corrected chi connectivity index (χ1v) is 10.9. The minimum atomic E-state index is -2.59. The van der Waals surface area contributed by atoms with E-state index in [1.165, 1.54) is 12.1 Å². The van der Waals surface area contributed by atoms with Crippen molar-refractivity contribution in [1.82, 2.24) is 10.4 Å². The standard InChI is InChI=1S/C18H24BrFN2O5S/c1-11(2)9-14(17(23)21-24)18(28(25)26)22-7-5-13(6-8-22)27-16-4-3-12(20)10-15(16)19/h3-4,10-11,13-14,24H,5-9H2,1-2H3,(H,21,23). The van der Waals surface area contributed by atoms with Gasteiger partial charge in [0, 0.05) is 13.1 Å². The van der Waals surface area contributed by atoms with Gasteiger partial charge in [0.2, 0.25) is 10.3 Å². The Morgan fingerprint density at radius 1 is 1.39 bits per heavy atom. The molecule has 2 rings (SSSR count). The first kappa shape index (κ1) is 22.8. The van der Waals surface area contributed by atoms with Crippen LogP contribution in [0.25, 0.3) is 0 Å². The number of carbonyl (C=O) groups is 1. The first-order valence-electron chi connectivity index (χ1n) is 8.99. The second-order valence-electron chi connectivity index (χ2n) is 7.11. The average Bonchev–Trinajstić information content (AvgIpc) is 2.63. The molecule has 1 heterocycles. The molecule has 0 radical (unpaired) electrons. The predicted octanol–water partition coefficient (Wildman–Crippen LogP) is 2.61. The molecule has 1 aromatic rings. The molecule has 156 valence electrons. The number of rotatable bonds is 6. The van der Waals surface area contributed by atoms with E-state index in [0.717, 1.165) is 0 Å². The first-order chi connectivity index (χ1) is 13.2. The lowest BCUT2D eigenvalue weighted by molar-refractivity contribution is -0.131. The molecule has 0 spiro atoms. The van der Waals surface area contributed by atoms with Crippen molar-refractivity contribution in [3.05, 3.63) is 28.5 Å². The van der Waals surface area contributed by atoms with Crippen molar-refractivity contribution >= 4 is 37.1 Å². The summed E-state index contributed by atoms with van der Waals surface area (Å²) in [6.07, 6.45) is 1.23. The summed E-state index contributed by atoms with van der Waals surface area (Å²) >= 11 is 3.26. The Hall–Kier alpha value is -1.49. The summed E-state index contributed by atoms with van der Waals surface area (Å²) < 4.78 is 43.4.